The van der Waals surface area contributed by atoms with Crippen molar-refractivity contribution in [1.29, 1.82) is 0 Å². The van der Waals surface area contributed by atoms with E-state index in [2.05, 4.69) is 17.3 Å². The van der Waals surface area contributed by atoms with Crippen molar-refractivity contribution < 1.29 is 9.59 Å². The molecular weight excluding hydrogens is 536 g/mol. The number of benzene rings is 1. The number of carbonyl (C=O) groups is 2. The normalized spacial score (nSPS) is 22.6. The van der Waals surface area contributed by atoms with Crippen molar-refractivity contribution in [2.75, 3.05) is 46.3 Å². The fourth-order valence-corrected chi connectivity index (χ4v) is 8.16. The Bertz CT molecular complexity index is 1240. The summed E-state index contributed by atoms with van der Waals surface area (Å²) in [5.74, 6) is 1.39. The van der Waals surface area contributed by atoms with Crippen molar-refractivity contribution in [3.63, 3.8) is 0 Å². The third-order valence-electron chi connectivity index (χ3n) is 10.6. The van der Waals surface area contributed by atoms with Gasteiger partial charge in [-0.15, -0.1) is 0 Å². The highest BCUT2D eigenvalue weighted by Gasteiger charge is 2.44. The fourth-order valence-electron chi connectivity index (χ4n) is 8.16. The first-order valence-electron chi connectivity index (χ1n) is 16.9. The number of pyridine rings is 1. The van der Waals surface area contributed by atoms with Crippen molar-refractivity contribution in [2.45, 2.75) is 83.6 Å². The summed E-state index contributed by atoms with van der Waals surface area (Å²) in [4.78, 5) is 41.4. The Labute approximate surface area is 258 Å². The monoisotopic (exact) mass is 588 g/mol. The van der Waals surface area contributed by atoms with E-state index in [1.807, 2.05) is 46.0 Å². The highest BCUT2D eigenvalue weighted by molar-refractivity contribution is 6.00. The smallest absolute Gasteiger partial charge is 0.256 e. The molecule has 1 atom stereocenters. The summed E-state index contributed by atoms with van der Waals surface area (Å²) in [7, 11) is 2.22. The number of carbonyl (C=O) groups excluding carboxylic acids is 2. The van der Waals surface area contributed by atoms with E-state index < -0.39 is 0 Å². The van der Waals surface area contributed by atoms with E-state index >= 15 is 0 Å². The van der Waals surface area contributed by atoms with Gasteiger partial charge in [0.25, 0.3) is 11.5 Å². The number of likely N-dealkylation sites (tertiary alicyclic amines) is 1. The van der Waals surface area contributed by atoms with Gasteiger partial charge < -0.3 is 24.5 Å². The van der Waals surface area contributed by atoms with Gasteiger partial charge in [-0.05, 0) is 62.1 Å². The number of hydrogen-bond acceptors (Lipinski definition) is 5. The van der Waals surface area contributed by atoms with Crippen molar-refractivity contribution >= 4 is 12.2 Å². The number of aromatic nitrogens is 1. The number of rotatable bonds is 7. The molecule has 2 saturated heterocycles. The van der Waals surface area contributed by atoms with Gasteiger partial charge >= 0.3 is 0 Å². The number of nitrogens with one attached hydrogen (secondary N) is 1. The van der Waals surface area contributed by atoms with E-state index in [1.54, 1.807) is 6.07 Å². The molecule has 2 aliphatic carbocycles. The second-order valence-electron chi connectivity index (χ2n) is 13.5. The Morgan fingerprint density at radius 3 is 2.40 bits per heavy atom. The van der Waals surface area contributed by atoms with Crippen LogP contribution in [0.25, 0.3) is 11.1 Å². The van der Waals surface area contributed by atoms with Crippen LogP contribution in [0.15, 0.2) is 47.4 Å². The van der Waals surface area contributed by atoms with E-state index in [4.69, 9.17) is 0 Å². The second-order valence-corrected chi connectivity index (χ2v) is 13.5. The lowest BCUT2D eigenvalue weighted by atomic mass is 9.69. The zero-order valence-electron chi connectivity index (χ0n) is 26.3. The van der Waals surface area contributed by atoms with Gasteiger partial charge in [0.15, 0.2) is 0 Å². The molecule has 1 unspecified atom stereocenters. The quantitative estimate of drug-likeness (QED) is 0.425. The molecule has 234 valence electrons. The van der Waals surface area contributed by atoms with Crippen LogP contribution in [-0.4, -0.2) is 72.9 Å². The van der Waals surface area contributed by atoms with E-state index in [0.717, 1.165) is 68.8 Å². The molecule has 2 aliphatic heterocycles. The van der Waals surface area contributed by atoms with Crippen molar-refractivity contribution in [3.8, 4) is 11.1 Å². The first-order valence-corrected chi connectivity index (χ1v) is 16.9. The highest BCUT2D eigenvalue weighted by atomic mass is 16.2. The van der Waals surface area contributed by atoms with Crippen LogP contribution in [0.4, 0.5) is 0 Å². The lowest BCUT2D eigenvalue weighted by molar-refractivity contribution is -0.108. The van der Waals surface area contributed by atoms with Gasteiger partial charge in [0, 0.05) is 63.5 Å². The maximum Gasteiger partial charge on any atom is 0.256 e. The molecule has 4 fully saturated rings. The lowest BCUT2D eigenvalue weighted by Crippen LogP contribution is -2.48. The van der Waals surface area contributed by atoms with Gasteiger partial charge in [-0.25, -0.2) is 0 Å². The summed E-state index contributed by atoms with van der Waals surface area (Å²) in [6, 6.07) is 11.5. The minimum atomic E-state index is -0.00205. The Morgan fingerprint density at radius 1 is 0.977 bits per heavy atom. The second kappa shape index (κ2) is 15.3. The Balaban J connectivity index is 0.000000314. The summed E-state index contributed by atoms with van der Waals surface area (Å²) in [6.07, 6.45) is 18.0. The molecule has 1 spiro atoms. The first kappa shape index (κ1) is 31.6. The largest absolute Gasteiger partial charge is 0.336 e. The van der Waals surface area contributed by atoms with Crippen LogP contribution >= 0.6 is 0 Å². The van der Waals surface area contributed by atoms with Crippen molar-refractivity contribution in [2.24, 2.45) is 17.3 Å². The Hall–Kier alpha value is -2.77. The van der Waals surface area contributed by atoms with Crippen molar-refractivity contribution in [3.05, 3.63) is 58.5 Å². The molecule has 3 heterocycles. The SMILES string of the molecule is CN1CCC(Cn2cc(C(=O)N3CCNCC3)c(-c3ccccc3)cc2=O)C2(CCCC2)C1.O=CCCC1CCCCC1. The standard InChI is InChI=1S/C27H36N4O2.C9H16O/c1-29-14-9-22(27(20-29)10-5-6-11-27)18-31-19-24(26(33)30-15-12-28-13-16-30)23(17-25(31)32)21-7-3-2-4-8-21;10-8-4-7-9-5-2-1-3-6-9/h2-4,7-8,17,19,22,28H,5-6,9-16,18,20H2,1H3;8-9H,1-7H2. The molecule has 1 N–H and O–H groups in total. The van der Waals surface area contributed by atoms with Crippen LogP contribution in [0.1, 0.15) is 87.4 Å². The molecule has 7 nitrogen and oxygen atoms in total. The predicted octanol–water partition coefficient (Wildman–Crippen LogP) is 5.62. The van der Waals surface area contributed by atoms with Crippen LogP contribution in [0.3, 0.4) is 0 Å². The van der Waals surface area contributed by atoms with Crippen LogP contribution < -0.4 is 10.9 Å². The van der Waals surface area contributed by atoms with E-state index in [0.29, 0.717) is 36.5 Å². The molecular formula is C36H52N4O3. The first-order chi connectivity index (χ1) is 21.0. The van der Waals surface area contributed by atoms with Crippen LogP contribution in [0, 0.1) is 17.3 Å². The van der Waals surface area contributed by atoms with Crippen LogP contribution in [0.2, 0.25) is 0 Å². The van der Waals surface area contributed by atoms with Gasteiger partial charge in [-0.1, -0.05) is 75.3 Å². The summed E-state index contributed by atoms with van der Waals surface area (Å²) < 4.78 is 1.85. The maximum atomic E-state index is 13.6. The zero-order valence-corrected chi connectivity index (χ0v) is 26.3. The van der Waals surface area contributed by atoms with E-state index in [1.165, 1.54) is 57.8 Å². The van der Waals surface area contributed by atoms with E-state index in [-0.39, 0.29) is 11.5 Å². The van der Waals surface area contributed by atoms with Gasteiger partial charge in [0.2, 0.25) is 0 Å². The fraction of sp³-hybridized carbons (Fsp3) is 0.639. The molecule has 2 saturated carbocycles. The molecule has 7 heteroatoms. The summed E-state index contributed by atoms with van der Waals surface area (Å²) in [5.41, 5.74) is 2.63. The minimum Gasteiger partial charge on any atom is -0.336 e. The minimum absolute atomic E-state index is 0.00205. The summed E-state index contributed by atoms with van der Waals surface area (Å²) in [5, 5.41) is 3.32. The Morgan fingerprint density at radius 2 is 1.70 bits per heavy atom. The molecule has 1 aromatic carbocycles. The topological polar surface area (TPSA) is 74.7 Å². The molecule has 2 aromatic rings. The third-order valence-corrected chi connectivity index (χ3v) is 10.6. The predicted molar refractivity (Wildman–Crippen MR) is 173 cm³/mol. The highest BCUT2D eigenvalue weighted by Crippen LogP contribution is 2.48. The van der Waals surface area contributed by atoms with E-state index in [9.17, 15) is 14.4 Å². The molecule has 1 aromatic heterocycles. The van der Waals surface area contributed by atoms with Gasteiger partial charge in [-0.3, -0.25) is 9.59 Å². The average molecular weight is 589 g/mol. The summed E-state index contributed by atoms with van der Waals surface area (Å²) >= 11 is 0. The summed E-state index contributed by atoms with van der Waals surface area (Å²) in [6.45, 7) is 5.93. The number of piperazine rings is 1. The lowest BCUT2D eigenvalue weighted by Gasteiger charge is -2.45. The average Bonchev–Trinajstić information content (AvgIpc) is 3.51. The van der Waals surface area contributed by atoms with Crippen LogP contribution in [-0.2, 0) is 11.3 Å². The van der Waals surface area contributed by atoms with Gasteiger partial charge in [0.05, 0.1) is 5.56 Å². The molecule has 1 amide bonds. The van der Waals surface area contributed by atoms with Crippen molar-refractivity contribution in [1.82, 2.24) is 19.7 Å². The number of aldehydes is 1. The van der Waals surface area contributed by atoms with Crippen LogP contribution in [0.5, 0.6) is 0 Å². The molecule has 0 radical (unpaired) electrons. The Kier molecular flexibility index (Phi) is 11.3. The van der Waals surface area contributed by atoms with Gasteiger partial charge in [0.1, 0.15) is 6.29 Å². The zero-order chi connectivity index (χ0) is 30.1. The number of piperidine rings is 1. The molecule has 4 aliphatic rings. The van der Waals surface area contributed by atoms with Gasteiger partial charge in [-0.2, -0.15) is 0 Å². The maximum absolute atomic E-state index is 13.6. The number of nitrogens with zero attached hydrogens (tertiary/aromatic N) is 3. The molecule has 43 heavy (non-hydrogen) atoms. The molecule has 6 rings (SSSR count). The molecule has 0 bridgehead atoms. The number of hydrogen-bond donors (Lipinski definition) is 1. The third kappa shape index (κ3) is 8.04. The number of amides is 1.